The molecular formula is C16H14O2. The highest BCUT2D eigenvalue weighted by atomic mass is 16.6. The van der Waals surface area contributed by atoms with Crippen LogP contribution in [0.3, 0.4) is 0 Å². The van der Waals surface area contributed by atoms with Crippen LogP contribution in [0.2, 0.25) is 0 Å². The highest BCUT2D eigenvalue weighted by Crippen LogP contribution is 2.35. The predicted molar refractivity (Wildman–Crippen MR) is 70.5 cm³/mol. The van der Waals surface area contributed by atoms with Crippen molar-refractivity contribution in [3.63, 3.8) is 0 Å². The van der Waals surface area contributed by atoms with Crippen LogP contribution in [0.4, 0.5) is 0 Å². The van der Waals surface area contributed by atoms with Gasteiger partial charge in [-0.1, -0.05) is 42.5 Å². The molecule has 3 rings (SSSR count). The number of rotatable bonds is 2. The van der Waals surface area contributed by atoms with E-state index in [2.05, 4.69) is 12.1 Å². The van der Waals surface area contributed by atoms with Gasteiger partial charge >= 0.3 is 0 Å². The fraction of sp³-hybridized carbons (Fsp3) is 0.125. The van der Waals surface area contributed by atoms with E-state index in [9.17, 15) is 0 Å². The second-order valence-electron chi connectivity index (χ2n) is 4.29. The maximum Gasteiger partial charge on any atom is 0.169 e. The van der Waals surface area contributed by atoms with E-state index in [0.29, 0.717) is 0 Å². The first-order valence-corrected chi connectivity index (χ1v) is 6.01. The van der Waals surface area contributed by atoms with Crippen LogP contribution in [0.1, 0.15) is 12.5 Å². The van der Waals surface area contributed by atoms with Gasteiger partial charge in [-0.2, -0.15) is 0 Å². The number of hydrogen-bond acceptors (Lipinski definition) is 2. The van der Waals surface area contributed by atoms with Gasteiger partial charge in [0.1, 0.15) is 11.5 Å². The van der Waals surface area contributed by atoms with Crippen molar-refractivity contribution in [2.75, 3.05) is 0 Å². The average Bonchev–Trinajstić information content (AvgIpc) is 2.41. The molecule has 0 saturated heterocycles. The number of ether oxygens (including phenoxy) is 2. The minimum absolute atomic E-state index is 0.751. The van der Waals surface area contributed by atoms with E-state index in [1.807, 2.05) is 49.4 Å². The molecule has 0 aromatic heterocycles. The summed E-state index contributed by atoms with van der Waals surface area (Å²) in [7, 11) is 0. The molecule has 90 valence electrons. The Labute approximate surface area is 106 Å². The molecule has 2 aromatic rings. The van der Waals surface area contributed by atoms with Gasteiger partial charge in [-0.25, -0.2) is 0 Å². The lowest BCUT2D eigenvalue weighted by atomic mass is 10.1. The van der Waals surface area contributed by atoms with Gasteiger partial charge in [-0.05, 0) is 24.6 Å². The minimum Gasteiger partial charge on any atom is -0.455 e. The Morgan fingerprint density at radius 3 is 2.11 bits per heavy atom. The average molecular weight is 238 g/mol. The minimum atomic E-state index is 0.751. The Bertz CT molecular complexity index is 585. The van der Waals surface area contributed by atoms with E-state index in [0.717, 1.165) is 29.4 Å². The van der Waals surface area contributed by atoms with E-state index in [1.54, 1.807) is 0 Å². The van der Waals surface area contributed by atoms with Crippen LogP contribution in [0.5, 0.6) is 11.5 Å². The van der Waals surface area contributed by atoms with Crippen molar-refractivity contribution in [1.29, 1.82) is 0 Å². The van der Waals surface area contributed by atoms with Crippen molar-refractivity contribution in [3.8, 4) is 11.5 Å². The first-order valence-electron chi connectivity index (χ1n) is 6.01. The van der Waals surface area contributed by atoms with Crippen molar-refractivity contribution in [2.45, 2.75) is 13.3 Å². The molecule has 0 amide bonds. The second-order valence-corrected chi connectivity index (χ2v) is 4.29. The molecule has 0 atom stereocenters. The largest absolute Gasteiger partial charge is 0.455 e. The van der Waals surface area contributed by atoms with Gasteiger partial charge in [-0.3, -0.25) is 0 Å². The van der Waals surface area contributed by atoms with E-state index < -0.39 is 0 Å². The zero-order valence-electron chi connectivity index (χ0n) is 10.2. The van der Waals surface area contributed by atoms with Gasteiger partial charge in [0.05, 0.1) is 0 Å². The lowest BCUT2D eigenvalue weighted by molar-refractivity contribution is 0.289. The molecule has 2 heteroatoms. The molecule has 1 heterocycles. The van der Waals surface area contributed by atoms with Gasteiger partial charge in [0, 0.05) is 6.42 Å². The molecule has 0 unspecified atom stereocenters. The predicted octanol–water partition coefficient (Wildman–Crippen LogP) is 3.93. The van der Waals surface area contributed by atoms with E-state index in [-0.39, 0.29) is 0 Å². The Morgan fingerprint density at radius 1 is 0.778 bits per heavy atom. The third-order valence-corrected chi connectivity index (χ3v) is 2.95. The van der Waals surface area contributed by atoms with E-state index >= 15 is 0 Å². The van der Waals surface area contributed by atoms with Crippen LogP contribution < -0.4 is 9.47 Å². The number of benzene rings is 2. The molecule has 0 saturated carbocycles. The fourth-order valence-electron chi connectivity index (χ4n) is 1.99. The van der Waals surface area contributed by atoms with Crippen molar-refractivity contribution in [2.24, 2.45) is 0 Å². The van der Waals surface area contributed by atoms with Crippen LogP contribution in [0.15, 0.2) is 66.1 Å². The monoisotopic (exact) mass is 238 g/mol. The lowest BCUT2D eigenvalue weighted by Gasteiger charge is -2.21. The third kappa shape index (κ3) is 2.09. The molecule has 1 aliphatic heterocycles. The molecule has 1 aliphatic rings. The first-order chi connectivity index (χ1) is 8.83. The van der Waals surface area contributed by atoms with Crippen molar-refractivity contribution >= 4 is 0 Å². The quantitative estimate of drug-likeness (QED) is 0.789. The summed E-state index contributed by atoms with van der Waals surface area (Å²) in [6, 6.07) is 18.0. The van der Waals surface area contributed by atoms with Crippen LogP contribution in [0, 0.1) is 0 Å². The summed E-state index contributed by atoms with van der Waals surface area (Å²) in [6.07, 6.45) is 0.751. The van der Waals surface area contributed by atoms with Gasteiger partial charge in [0.25, 0.3) is 0 Å². The topological polar surface area (TPSA) is 18.5 Å². The Hall–Kier alpha value is -2.22. The summed E-state index contributed by atoms with van der Waals surface area (Å²) in [5.74, 6) is 3.28. The zero-order chi connectivity index (χ0) is 12.4. The summed E-state index contributed by atoms with van der Waals surface area (Å²) in [6.45, 7) is 1.94. The highest BCUT2D eigenvalue weighted by molar-refractivity contribution is 5.44. The molecule has 18 heavy (non-hydrogen) atoms. The summed E-state index contributed by atoms with van der Waals surface area (Å²) in [4.78, 5) is 0. The fourth-order valence-corrected chi connectivity index (χ4v) is 1.99. The van der Waals surface area contributed by atoms with Gasteiger partial charge in [-0.15, -0.1) is 0 Å². The maximum absolute atomic E-state index is 5.90. The van der Waals surface area contributed by atoms with Crippen molar-refractivity contribution in [3.05, 3.63) is 71.7 Å². The number of hydrogen-bond donors (Lipinski definition) is 0. The summed E-state index contributed by atoms with van der Waals surface area (Å²) < 4.78 is 11.7. The van der Waals surface area contributed by atoms with Crippen molar-refractivity contribution < 1.29 is 9.47 Å². The summed E-state index contributed by atoms with van der Waals surface area (Å²) in [5.41, 5.74) is 1.22. The number of fused-ring (bicyclic) bond motifs is 1. The van der Waals surface area contributed by atoms with Crippen LogP contribution in [-0.2, 0) is 6.42 Å². The van der Waals surface area contributed by atoms with Crippen LogP contribution >= 0.6 is 0 Å². The zero-order valence-corrected chi connectivity index (χ0v) is 10.2. The molecule has 0 radical (unpaired) electrons. The normalized spacial score (nSPS) is 13.6. The van der Waals surface area contributed by atoms with Gasteiger partial charge < -0.3 is 9.47 Å². The summed E-state index contributed by atoms with van der Waals surface area (Å²) >= 11 is 0. The van der Waals surface area contributed by atoms with Crippen LogP contribution in [0.25, 0.3) is 0 Å². The van der Waals surface area contributed by atoms with Gasteiger partial charge in [0.2, 0.25) is 0 Å². The SMILES string of the molecule is CC1=C(Cc2ccccc2)Oc2ccccc2O1. The van der Waals surface area contributed by atoms with Crippen LogP contribution in [-0.4, -0.2) is 0 Å². The number of allylic oxidation sites excluding steroid dienone is 2. The molecule has 0 spiro atoms. The Morgan fingerprint density at radius 2 is 1.39 bits per heavy atom. The molecule has 0 N–H and O–H groups in total. The van der Waals surface area contributed by atoms with Gasteiger partial charge in [0.15, 0.2) is 11.5 Å². The molecular weight excluding hydrogens is 224 g/mol. The molecule has 0 fully saturated rings. The molecule has 0 aliphatic carbocycles. The Balaban J connectivity index is 1.86. The third-order valence-electron chi connectivity index (χ3n) is 2.95. The Kier molecular flexibility index (Phi) is 2.77. The van der Waals surface area contributed by atoms with E-state index in [4.69, 9.17) is 9.47 Å². The first kappa shape index (κ1) is 10.9. The number of para-hydroxylation sites is 2. The molecule has 2 nitrogen and oxygen atoms in total. The second kappa shape index (κ2) is 4.57. The summed E-state index contributed by atoms with van der Waals surface area (Å²) in [5, 5.41) is 0. The van der Waals surface area contributed by atoms with Crippen molar-refractivity contribution in [1.82, 2.24) is 0 Å². The highest BCUT2D eigenvalue weighted by Gasteiger charge is 2.18. The molecule has 2 aromatic carbocycles. The maximum atomic E-state index is 5.90. The standard InChI is InChI=1S/C16H14O2/c1-12-16(11-13-7-3-2-4-8-13)18-15-10-6-5-9-14(15)17-12/h2-10H,11H2,1H3. The lowest BCUT2D eigenvalue weighted by Crippen LogP contribution is -2.12. The smallest absolute Gasteiger partial charge is 0.169 e. The van der Waals surface area contributed by atoms with E-state index in [1.165, 1.54) is 5.56 Å². The molecule has 0 bridgehead atoms.